The molecular formula is C15H23ClN2. The topological polar surface area (TPSA) is 38.9 Å². The molecule has 1 aromatic rings. The van der Waals surface area contributed by atoms with Gasteiger partial charge in [0, 0.05) is 12.2 Å². The molecule has 1 fully saturated rings. The molecule has 1 heterocycles. The van der Waals surface area contributed by atoms with Gasteiger partial charge in [-0.15, -0.1) is 0 Å². The maximum absolute atomic E-state index is 6.40. The lowest BCUT2D eigenvalue weighted by Gasteiger charge is -2.35. The van der Waals surface area contributed by atoms with Gasteiger partial charge in [0.2, 0.25) is 0 Å². The van der Waals surface area contributed by atoms with Crippen LogP contribution < -0.4 is 5.73 Å². The molecule has 18 heavy (non-hydrogen) atoms. The Morgan fingerprint density at radius 3 is 2.44 bits per heavy atom. The van der Waals surface area contributed by atoms with Crippen LogP contribution in [-0.2, 0) is 0 Å². The van der Waals surface area contributed by atoms with Crippen molar-refractivity contribution in [3.8, 4) is 0 Å². The fourth-order valence-electron chi connectivity index (χ4n) is 2.78. The third kappa shape index (κ3) is 2.70. The molecule has 1 aliphatic rings. The van der Waals surface area contributed by atoms with Gasteiger partial charge in [-0.3, -0.25) is 0 Å². The van der Waals surface area contributed by atoms with Gasteiger partial charge in [0.05, 0.1) is 0 Å². The zero-order chi connectivity index (χ0) is 13.3. The molecule has 1 aromatic heterocycles. The third-order valence-corrected chi connectivity index (χ3v) is 4.53. The predicted octanol–water partition coefficient (Wildman–Crippen LogP) is 4.09. The summed E-state index contributed by atoms with van der Waals surface area (Å²) in [7, 11) is 0. The van der Waals surface area contributed by atoms with Crippen molar-refractivity contribution in [1.82, 2.24) is 4.98 Å². The van der Waals surface area contributed by atoms with Crippen molar-refractivity contribution in [3.63, 3.8) is 0 Å². The second-order valence-corrected chi connectivity index (χ2v) is 6.23. The molecule has 1 saturated carbocycles. The van der Waals surface area contributed by atoms with Crippen molar-refractivity contribution in [3.05, 3.63) is 28.5 Å². The first-order valence-electron chi connectivity index (χ1n) is 6.91. The molecule has 0 aromatic carbocycles. The second-order valence-electron chi connectivity index (χ2n) is 5.85. The van der Waals surface area contributed by atoms with Crippen LogP contribution in [0.25, 0.3) is 0 Å². The standard InChI is InChI=1S/C15H23ClN2/c1-9(2)12-7-14(16)18-8-13(12)10(3)15(17)11-5-4-6-11/h7-11,15H,4-6,17H2,1-3H3. The molecule has 2 atom stereocenters. The number of hydrogen-bond acceptors (Lipinski definition) is 2. The monoisotopic (exact) mass is 266 g/mol. The van der Waals surface area contributed by atoms with Gasteiger partial charge in [-0.05, 0) is 47.8 Å². The normalized spacial score (nSPS) is 19.7. The highest BCUT2D eigenvalue weighted by atomic mass is 35.5. The Kier molecular flexibility index (Phi) is 4.29. The molecule has 0 bridgehead atoms. The van der Waals surface area contributed by atoms with Crippen LogP contribution in [0.3, 0.4) is 0 Å². The molecule has 3 heteroatoms. The fourth-order valence-corrected chi connectivity index (χ4v) is 2.94. The lowest BCUT2D eigenvalue weighted by molar-refractivity contribution is 0.241. The number of aromatic nitrogens is 1. The molecule has 0 saturated heterocycles. The SMILES string of the molecule is CC(C)c1cc(Cl)ncc1C(C)C(N)C1CCC1. The maximum Gasteiger partial charge on any atom is 0.129 e. The quantitative estimate of drug-likeness (QED) is 0.834. The zero-order valence-corrected chi connectivity index (χ0v) is 12.2. The summed E-state index contributed by atoms with van der Waals surface area (Å²) in [5.74, 6) is 1.50. The van der Waals surface area contributed by atoms with E-state index in [2.05, 4.69) is 25.8 Å². The molecule has 2 rings (SSSR count). The first-order valence-corrected chi connectivity index (χ1v) is 7.29. The summed E-state index contributed by atoms with van der Waals surface area (Å²) in [5.41, 5.74) is 8.96. The van der Waals surface area contributed by atoms with E-state index in [-0.39, 0.29) is 6.04 Å². The van der Waals surface area contributed by atoms with Gasteiger partial charge in [-0.2, -0.15) is 0 Å². The molecule has 2 N–H and O–H groups in total. The molecule has 0 radical (unpaired) electrons. The van der Waals surface area contributed by atoms with Gasteiger partial charge in [0.15, 0.2) is 0 Å². The highest BCUT2D eigenvalue weighted by Gasteiger charge is 2.30. The Morgan fingerprint density at radius 1 is 1.28 bits per heavy atom. The van der Waals surface area contributed by atoms with Crippen molar-refractivity contribution >= 4 is 11.6 Å². The van der Waals surface area contributed by atoms with Crippen molar-refractivity contribution in [1.29, 1.82) is 0 Å². The fraction of sp³-hybridized carbons (Fsp3) is 0.667. The van der Waals surface area contributed by atoms with Crippen molar-refractivity contribution in [2.45, 2.75) is 57.9 Å². The van der Waals surface area contributed by atoms with Gasteiger partial charge in [0.1, 0.15) is 5.15 Å². The smallest absolute Gasteiger partial charge is 0.129 e. The summed E-state index contributed by atoms with van der Waals surface area (Å²) in [6.45, 7) is 6.60. The van der Waals surface area contributed by atoms with Crippen molar-refractivity contribution < 1.29 is 0 Å². The van der Waals surface area contributed by atoms with E-state index in [0.717, 1.165) is 0 Å². The van der Waals surface area contributed by atoms with Gasteiger partial charge in [-0.1, -0.05) is 38.8 Å². The third-order valence-electron chi connectivity index (χ3n) is 4.32. The van der Waals surface area contributed by atoms with Crippen LogP contribution in [0.15, 0.2) is 12.3 Å². The van der Waals surface area contributed by atoms with Gasteiger partial charge in [0.25, 0.3) is 0 Å². The maximum atomic E-state index is 6.40. The number of halogens is 1. The largest absolute Gasteiger partial charge is 0.327 e. The van der Waals surface area contributed by atoms with E-state index in [1.807, 2.05) is 12.3 Å². The summed E-state index contributed by atoms with van der Waals surface area (Å²) in [5, 5.41) is 0.576. The molecule has 2 nitrogen and oxygen atoms in total. The molecular weight excluding hydrogens is 244 g/mol. The second kappa shape index (κ2) is 5.58. The Bertz CT molecular complexity index is 413. The van der Waals surface area contributed by atoms with E-state index in [4.69, 9.17) is 17.3 Å². The lowest BCUT2D eigenvalue weighted by Crippen LogP contribution is -2.39. The van der Waals surface area contributed by atoms with Crippen LogP contribution in [0, 0.1) is 5.92 Å². The number of nitrogens with zero attached hydrogens (tertiary/aromatic N) is 1. The van der Waals surface area contributed by atoms with Crippen LogP contribution in [0.5, 0.6) is 0 Å². The number of nitrogens with two attached hydrogens (primary N) is 1. The molecule has 0 amide bonds. The Hall–Kier alpha value is -0.600. The molecule has 0 aliphatic heterocycles. The zero-order valence-electron chi connectivity index (χ0n) is 11.5. The predicted molar refractivity (Wildman–Crippen MR) is 77.1 cm³/mol. The average molecular weight is 267 g/mol. The summed E-state index contributed by atoms with van der Waals surface area (Å²) >= 11 is 6.00. The van der Waals surface area contributed by atoms with Gasteiger partial charge in [-0.25, -0.2) is 4.98 Å². The van der Waals surface area contributed by atoms with Crippen LogP contribution in [0.1, 0.15) is 63.0 Å². The van der Waals surface area contributed by atoms with E-state index in [1.165, 1.54) is 30.4 Å². The molecule has 100 valence electrons. The first-order chi connectivity index (χ1) is 8.50. The Morgan fingerprint density at radius 2 is 1.94 bits per heavy atom. The summed E-state index contributed by atoms with van der Waals surface area (Å²) in [6.07, 6.45) is 5.81. The van der Waals surface area contributed by atoms with Gasteiger partial charge >= 0.3 is 0 Å². The summed E-state index contributed by atoms with van der Waals surface area (Å²) in [4.78, 5) is 4.24. The average Bonchev–Trinajstić information content (AvgIpc) is 2.25. The van der Waals surface area contributed by atoms with E-state index < -0.39 is 0 Å². The van der Waals surface area contributed by atoms with Crippen LogP contribution in [0.2, 0.25) is 5.15 Å². The Balaban J connectivity index is 2.25. The van der Waals surface area contributed by atoms with E-state index >= 15 is 0 Å². The molecule has 1 aliphatic carbocycles. The van der Waals surface area contributed by atoms with E-state index in [0.29, 0.717) is 22.9 Å². The Labute approximate surface area is 115 Å². The van der Waals surface area contributed by atoms with E-state index in [9.17, 15) is 0 Å². The first kappa shape index (κ1) is 13.8. The highest BCUT2D eigenvalue weighted by molar-refractivity contribution is 6.29. The summed E-state index contributed by atoms with van der Waals surface area (Å²) in [6, 6.07) is 2.24. The van der Waals surface area contributed by atoms with Crippen LogP contribution in [0.4, 0.5) is 0 Å². The summed E-state index contributed by atoms with van der Waals surface area (Å²) < 4.78 is 0. The van der Waals surface area contributed by atoms with Crippen molar-refractivity contribution in [2.75, 3.05) is 0 Å². The highest BCUT2D eigenvalue weighted by Crippen LogP contribution is 2.37. The van der Waals surface area contributed by atoms with E-state index in [1.54, 1.807) is 0 Å². The number of pyridine rings is 1. The minimum atomic E-state index is 0.249. The van der Waals surface area contributed by atoms with Gasteiger partial charge < -0.3 is 5.73 Å². The minimum Gasteiger partial charge on any atom is -0.327 e. The van der Waals surface area contributed by atoms with Crippen molar-refractivity contribution in [2.24, 2.45) is 11.7 Å². The van der Waals surface area contributed by atoms with Crippen LogP contribution in [-0.4, -0.2) is 11.0 Å². The van der Waals surface area contributed by atoms with Crippen LogP contribution >= 0.6 is 11.6 Å². The minimum absolute atomic E-state index is 0.249. The number of hydrogen-bond donors (Lipinski definition) is 1. The molecule has 0 spiro atoms. The number of rotatable bonds is 4. The lowest BCUT2D eigenvalue weighted by atomic mass is 9.73. The molecule has 2 unspecified atom stereocenters.